The van der Waals surface area contributed by atoms with Crippen molar-refractivity contribution in [1.82, 2.24) is 4.90 Å². The van der Waals surface area contributed by atoms with E-state index in [9.17, 15) is 9.90 Å². The molecule has 0 saturated heterocycles. The van der Waals surface area contributed by atoms with Gasteiger partial charge < -0.3 is 15.3 Å². The lowest BCUT2D eigenvalue weighted by atomic mass is 10.3. The normalized spacial score (nSPS) is 9.94. The van der Waals surface area contributed by atoms with Crippen molar-refractivity contribution in [3.8, 4) is 5.75 Å². The SMILES string of the molecule is CCN(CC)C(=O)Nc1ccc(Br)cc1O. The lowest BCUT2D eigenvalue weighted by molar-refractivity contribution is 0.217. The number of urea groups is 1. The number of halogens is 1. The predicted octanol–water partition coefficient (Wildman–Crippen LogP) is 3.03. The summed E-state index contributed by atoms with van der Waals surface area (Å²) in [5.41, 5.74) is 0.417. The summed E-state index contributed by atoms with van der Waals surface area (Å²) in [7, 11) is 0. The van der Waals surface area contributed by atoms with Gasteiger partial charge in [-0.15, -0.1) is 0 Å². The first-order valence-electron chi connectivity index (χ1n) is 5.13. The second kappa shape index (κ2) is 5.75. The van der Waals surface area contributed by atoms with Gasteiger partial charge >= 0.3 is 6.03 Å². The Bertz CT molecular complexity index is 378. The Kier molecular flexibility index (Phi) is 4.61. The van der Waals surface area contributed by atoms with Crippen LogP contribution >= 0.6 is 15.9 Å². The molecule has 0 aromatic heterocycles. The fourth-order valence-corrected chi connectivity index (χ4v) is 1.66. The maximum atomic E-state index is 11.7. The molecular formula is C11H15BrN2O2. The topological polar surface area (TPSA) is 52.6 Å². The zero-order valence-electron chi connectivity index (χ0n) is 9.33. The van der Waals surface area contributed by atoms with Crippen molar-refractivity contribution >= 4 is 27.6 Å². The van der Waals surface area contributed by atoms with E-state index in [-0.39, 0.29) is 11.8 Å². The first kappa shape index (κ1) is 12.8. The number of hydrogen-bond donors (Lipinski definition) is 2. The molecule has 0 radical (unpaired) electrons. The Morgan fingerprint density at radius 3 is 2.56 bits per heavy atom. The van der Waals surface area contributed by atoms with Crippen molar-refractivity contribution in [2.45, 2.75) is 13.8 Å². The van der Waals surface area contributed by atoms with Gasteiger partial charge in [-0.05, 0) is 32.0 Å². The average molecular weight is 287 g/mol. The number of hydrogen-bond acceptors (Lipinski definition) is 2. The van der Waals surface area contributed by atoms with E-state index in [2.05, 4.69) is 21.2 Å². The lowest BCUT2D eigenvalue weighted by Gasteiger charge is -2.19. The van der Waals surface area contributed by atoms with E-state index in [4.69, 9.17) is 0 Å². The Labute approximate surface area is 103 Å². The summed E-state index contributed by atoms with van der Waals surface area (Å²) in [5.74, 6) is 0.0508. The number of phenols is 1. The fraction of sp³-hybridized carbons (Fsp3) is 0.364. The Balaban J connectivity index is 2.76. The molecule has 0 aliphatic heterocycles. The van der Waals surface area contributed by atoms with Crippen LogP contribution in [0.25, 0.3) is 0 Å². The molecule has 0 fully saturated rings. The molecule has 0 unspecified atom stereocenters. The van der Waals surface area contributed by atoms with Gasteiger partial charge in [-0.2, -0.15) is 0 Å². The van der Waals surface area contributed by atoms with Crippen molar-refractivity contribution in [2.75, 3.05) is 18.4 Å². The molecular weight excluding hydrogens is 272 g/mol. The number of carbonyl (C=O) groups is 1. The van der Waals surface area contributed by atoms with Crippen LogP contribution in [0.3, 0.4) is 0 Å². The highest BCUT2D eigenvalue weighted by Crippen LogP contribution is 2.26. The summed E-state index contributed by atoms with van der Waals surface area (Å²) in [5, 5.41) is 12.3. The van der Waals surface area contributed by atoms with Crippen molar-refractivity contribution in [1.29, 1.82) is 0 Å². The minimum Gasteiger partial charge on any atom is -0.506 e. The van der Waals surface area contributed by atoms with E-state index in [0.717, 1.165) is 4.47 Å². The van der Waals surface area contributed by atoms with Crippen molar-refractivity contribution in [3.63, 3.8) is 0 Å². The summed E-state index contributed by atoms with van der Waals surface area (Å²) in [6.45, 7) is 5.09. The molecule has 0 atom stereocenters. The van der Waals surface area contributed by atoms with Crippen LogP contribution in [0.5, 0.6) is 5.75 Å². The van der Waals surface area contributed by atoms with Crippen LogP contribution < -0.4 is 5.32 Å². The molecule has 1 aromatic rings. The molecule has 0 saturated carbocycles. The van der Waals surface area contributed by atoms with Gasteiger partial charge in [0.25, 0.3) is 0 Å². The maximum absolute atomic E-state index is 11.7. The zero-order valence-corrected chi connectivity index (χ0v) is 10.9. The van der Waals surface area contributed by atoms with E-state index in [0.29, 0.717) is 18.8 Å². The summed E-state index contributed by atoms with van der Waals surface area (Å²) >= 11 is 3.24. The zero-order chi connectivity index (χ0) is 12.1. The minimum atomic E-state index is -0.206. The van der Waals surface area contributed by atoms with Crippen molar-refractivity contribution in [3.05, 3.63) is 22.7 Å². The number of aromatic hydroxyl groups is 1. The molecule has 5 heteroatoms. The summed E-state index contributed by atoms with van der Waals surface area (Å²) in [4.78, 5) is 13.3. The van der Waals surface area contributed by atoms with Gasteiger partial charge in [0.1, 0.15) is 5.75 Å². The standard InChI is InChI=1S/C11H15BrN2O2/c1-3-14(4-2)11(16)13-9-6-5-8(12)7-10(9)15/h5-7,15H,3-4H2,1-2H3,(H,13,16). The van der Waals surface area contributed by atoms with Gasteiger partial charge in [0, 0.05) is 17.6 Å². The van der Waals surface area contributed by atoms with E-state index < -0.39 is 0 Å². The van der Waals surface area contributed by atoms with Crippen LogP contribution in [-0.2, 0) is 0 Å². The molecule has 0 spiro atoms. The highest BCUT2D eigenvalue weighted by molar-refractivity contribution is 9.10. The van der Waals surface area contributed by atoms with E-state index in [1.807, 2.05) is 13.8 Å². The number of rotatable bonds is 3. The molecule has 16 heavy (non-hydrogen) atoms. The van der Waals surface area contributed by atoms with Gasteiger partial charge in [-0.3, -0.25) is 0 Å². The second-order valence-corrected chi connectivity index (χ2v) is 4.18. The number of nitrogens with one attached hydrogen (secondary N) is 1. The Morgan fingerprint density at radius 2 is 2.06 bits per heavy atom. The molecule has 0 heterocycles. The van der Waals surface area contributed by atoms with E-state index in [1.54, 1.807) is 17.0 Å². The van der Waals surface area contributed by atoms with Crippen molar-refractivity contribution < 1.29 is 9.90 Å². The van der Waals surface area contributed by atoms with Crippen LogP contribution in [0.15, 0.2) is 22.7 Å². The number of benzene rings is 1. The number of carbonyl (C=O) groups excluding carboxylic acids is 1. The number of nitrogens with zero attached hydrogens (tertiary/aromatic N) is 1. The fourth-order valence-electron chi connectivity index (χ4n) is 1.32. The molecule has 1 rings (SSSR count). The highest BCUT2D eigenvalue weighted by Gasteiger charge is 2.11. The quantitative estimate of drug-likeness (QED) is 0.840. The number of phenolic OH excluding ortho intramolecular Hbond substituents is 1. The number of amides is 2. The maximum Gasteiger partial charge on any atom is 0.321 e. The minimum absolute atomic E-state index is 0.0508. The molecule has 2 amide bonds. The van der Waals surface area contributed by atoms with Crippen LogP contribution in [0, 0.1) is 0 Å². The van der Waals surface area contributed by atoms with Gasteiger partial charge in [0.05, 0.1) is 5.69 Å². The average Bonchev–Trinajstić information content (AvgIpc) is 2.24. The lowest BCUT2D eigenvalue weighted by Crippen LogP contribution is -2.34. The molecule has 0 aliphatic rings. The second-order valence-electron chi connectivity index (χ2n) is 3.26. The van der Waals surface area contributed by atoms with Crippen LogP contribution in [0.4, 0.5) is 10.5 Å². The summed E-state index contributed by atoms with van der Waals surface area (Å²) < 4.78 is 0.769. The predicted molar refractivity (Wildman–Crippen MR) is 67.7 cm³/mol. The highest BCUT2D eigenvalue weighted by atomic mass is 79.9. The smallest absolute Gasteiger partial charge is 0.321 e. The molecule has 88 valence electrons. The van der Waals surface area contributed by atoms with Gasteiger partial charge in [-0.1, -0.05) is 15.9 Å². The van der Waals surface area contributed by atoms with Crippen LogP contribution in [0.1, 0.15) is 13.8 Å². The molecule has 1 aromatic carbocycles. The Morgan fingerprint density at radius 1 is 1.44 bits per heavy atom. The van der Waals surface area contributed by atoms with E-state index in [1.165, 1.54) is 6.07 Å². The summed E-state index contributed by atoms with van der Waals surface area (Å²) in [6, 6.07) is 4.75. The van der Waals surface area contributed by atoms with Crippen LogP contribution in [-0.4, -0.2) is 29.1 Å². The molecule has 0 bridgehead atoms. The first-order valence-corrected chi connectivity index (χ1v) is 5.92. The molecule has 4 nitrogen and oxygen atoms in total. The molecule has 2 N–H and O–H groups in total. The largest absolute Gasteiger partial charge is 0.506 e. The third kappa shape index (κ3) is 3.13. The summed E-state index contributed by atoms with van der Waals surface area (Å²) in [6.07, 6.45) is 0. The first-order chi connectivity index (χ1) is 7.58. The van der Waals surface area contributed by atoms with E-state index >= 15 is 0 Å². The number of anilines is 1. The van der Waals surface area contributed by atoms with Crippen LogP contribution in [0.2, 0.25) is 0 Å². The Hall–Kier alpha value is -1.23. The monoisotopic (exact) mass is 286 g/mol. The van der Waals surface area contributed by atoms with Gasteiger partial charge in [0.15, 0.2) is 0 Å². The third-order valence-electron chi connectivity index (χ3n) is 2.25. The molecule has 0 aliphatic carbocycles. The third-order valence-corrected chi connectivity index (χ3v) is 2.75. The van der Waals surface area contributed by atoms with Gasteiger partial charge in [-0.25, -0.2) is 4.79 Å². The van der Waals surface area contributed by atoms with Crippen molar-refractivity contribution in [2.24, 2.45) is 0 Å². The van der Waals surface area contributed by atoms with Gasteiger partial charge in [0.2, 0.25) is 0 Å².